The average Bonchev–Trinajstić information content (AvgIpc) is 2.45. The minimum atomic E-state index is -4.67. The molecule has 0 radical (unpaired) electrons. The van der Waals surface area contributed by atoms with Crippen molar-refractivity contribution in [1.82, 2.24) is 0 Å². The highest BCUT2D eigenvalue weighted by Gasteiger charge is 2.31. The molecule has 0 unspecified atom stereocenters. The Labute approximate surface area is 122 Å². The Bertz CT molecular complexity index is 423. The summed E-state index contributed by atoms with van der Waals surface area (Å²) in [5, 5.41) is 0. The van der Waals surface area contributed by atoms with Crippen LogP contribution in [-0.2, 0) is 9.47 Å². The van der Waals surface area contributed by atoms with Gasteiger partial charge in [0.2, 0.25) is 0 Å². The molecule has 118 valence electrons. The Morgan fingerprint density at radius 3 is 2.29 bits per heavy atom. The number of halogens is 3. The molecule has 0 aromatic heterocycles. The first-order chi connectivity index (χ1) is 9.98. The van der Waals surface area contributed by atoms with Crippen LogP contribution in [0.2, 0.25) is 0 Å². The molecule has 1 saturated heterocycles. The Balaban J connectivity index is 1.86. The Kier molecular flexibility index (Phi) is 5.47. The fraction of sp³-hybridized carbons (Fsp3) is 0.600. The van der Waals surface area contributed by atoms with Gasteiger partial charge in [0.25, 0.3) is 0 Å². The lowest BCUT2D eigenvalue weighted by Crippen LogP contribution is -2.27. The van der Waals surface area contributed by atoms with Gasteiger partial charge in [-0.15, -0.1) is 13.2 Å². The summed E-state index contributed by atoms with van der Waals surface area (Å²) in [7, 11) is 0. The Hall–Kier alpha value is -1.27. The first kappa shape index (κ1) is 16.1. The van der Waals surface area contributed by atoms with E-state index in [0.717, 1.165) is 19.3 Å². The Morgan fingerprint density at radius 2 is 1.76 bits per heavy atom. The van der Waals surface area contributed by atoms with Crippen LogP contribution in [0.15, 0.2) is 24.3 Å². The molecule has 1 fully saturated rings. The van der Waals surface area contributed by atoms with Crippen molar-refractivity contribution in [3.05, 3.63) is 29.8 Å². The largest absolute Gasteiger partial charge is 0.573 e. The monoisotopic (exact) mass is 304 g/mol. The zero-order valence-corrected chi connectivity index (χ0v) is 11.9. The van der Waals surface area contributed by atoms with E-state index in [1.807, 2.05) is 0 Å². The van der Waals surface area contributed by atoms with Gasteiger partial charge in [0.05, 0.1) is 13.2 Å². The highest BCUT2D eigenvalue weighted by Crippen LogP contribution is 2.29. The summed E-state index contributed by atoms with van der Waals surface area (Å²) in [5.74, 6) is 0.150. The summed E-state index contributed by atoms with van der Waals surface area (Å²) in [4.78, 5) is 0. The van der Waals surface area contributed by atoms with Crippen molar-refractivity contribution in [2.45, 2.75) is 38.8 Å². The molecule has 2 rings (SSSR count). The lowest BCUT2D eigenvalue weighted by molar-refractivity contribution is -0.274. The predicted octanol–water partition coefficient (Wildman–Crippen LogP) is 4.44. The predicted molar refractivity (Wildman–Crippen MR) is 70.8 cm³/mol. The fourth-order valence-corrected chi connectivity index (χ4v) is 2.22. The molecular weight excluding hydrogens is 285 g/mol. The molecule has 1 aliphatic heterocycles. The van der Waals surface area contributed by atoms with E-state index in [1.54, 1.807) is 0 Å². The van der Waals surface area contributed by atoms with Crippen LogP contribution in [0, 0.1) is 5.92 Å². The second-order valence-electron chi connectivity index (χ2n) is 5.12. The lowest BCUT2D eigenvalue weighted by Gasteiger charge is -2.29. The molecule has 6 heteroatoms. The molecule has 0 amide bonds. The normalized spacial score (nSPS) is 23.0. The summed E-state index contributed by atoms with van der Waals surface area (Å²) < 4.78 is 51.3. The molecule has 1 aliphatic rings. The van der Waals surface area contributed by atoms with Crippen molar-refractivity contribution < 1.29 is 27.4 Å². The van der Waals surface area contributed by atoms with Gasteiger partial charge in [-0.1, -0.05) is 31.9 Å². The van der Waals surface area contributed by atoms with Crippen LogP contribution < -0.4 is 4.74 Å². The van der Waals surface area contributed by atoms with Crippen LogP contribution in [0.3, 0.4) is 0 Å². The third-order valence-corrected chi connectivity index (χ3v) is 3.32. The second kappa shape index (κ2) is 7.13. The molecule has 0 aliphatic carbocycles. The van der Waals surface area contributed by atoms with Gasteiger partial charge in [-0.2, -0.15) is 0 Å². The molecule has 3 nitrogen and oxygen atoms in total. The minimum absolute atomic E-state index is 0.247. The summed E-state index contributed by atoms with van der Waals surface area (Å²) in [5.41, 5.74) is 0.693. The molecule has 0 spiro atoms. The highest BCUT2D eigenvalue weighted by molar-refractivity contribution is 5.28. The first-order valence-corrected chi connectivity index (χ1v) is 7.07. The number of ether oxygens (including phenoxy) is 3. The number of alkyl halides is 3. The quantitative estimate of drug-likeness (QED) is 0.805. The van der Waals surface area contributed by atoms with E-state index in [-0.39, 0.29) is 5.75 Å². The van der Waals surface area contributed by atoms with Crippen LogP contribution in [0.4, 0.5) is 13.2 Å². The van der Waals surface area contributed by atoms with Gasteiger partial charge < -0.3 is 14.2 Å². The van der Waals surface area contributed by atoms with Gasteiger partial charge in [0.15, 0.2) is 6.29 Å². The van der Waals surface area contributed by atoms with Gasteiger partial charge >= 0.3 is 6.36 Å². The van der Waals surface area contributed by atoms with Gasteiger partial charge in [-0.25, -0.2) is 0 Å². The molecule has 1 aromatic rings. The van der Waals surface area contributed by atoms with Crippen molar-refractivity contribution in [2.75, 3.05) is 13.2 Å². The maximum atomic E-state index is 12.1. The van der Waals surface area contributed by atoms with Crippen molar-refractivity contribution in [3.63, 3.8) is 0 Å². The van der Waals surface area contributed by atoms with E-state index in [9.17, 15) is 13.2 Å². The maximum Gasteiger partial charge on any atom is 0.573 e. The van der Waals surface area contributed by atoms with Crippen LogP contribution in [-0.4, -0.2) is 19.6 Å². The number of hydrogen-bond acceptors (Lipinski definition) is 3. The van der Waals surface area contributed by atoms with E-state index in [1.165, 1.54) is 24.3 Å². The van der Waals surface area contributed by atoms with Crippen molar-refractivity contribution in [3.8, 4) is 5.75 Å². The summed E-state index contributed by atoms with van der Waals surface area (Å²) in [6.45, 7) is 3.37. The van der Waals surface area contributed by atoms with E-state index in [0.29, 0.717) is 24.7 Å². The Morgan fingerprint density at radius 1 is 1.14 bits per heavy atom. The molecule has 1 aromatic carbocycles. The number of rotatable bonds is 5. The van der Waals surface area contributed by atoms with Gasteiger partial charge in [0.1, 0.15) is 5.75 Å². The number of hydrogen-bond donors (Lipinski definition) is 0. The molecule has 0 atom stereocenters. The van der Waals surface area contributed by atoms with Crippen LogP contribution in [0.25, 0.3) is 0 Å². The lowest BCUT2D eigenvalue weighted by atomic mass is 10.0. The molecule has 0 saturated carbocycles. The highest BCUT2D eigenvalue weighted by atomic mass is 19.4. The van der Waals surface area contributed by atoms with Crippen molar-refractivity contribution in [1.29, 1.82) is 0 Å². The topological polar surface area (TPSA) is 27.7 Å². The maximum absolute atomic E-state index is 12.1. The van der Waals surface area contributed by atoms with E-state index in [4.69, 9.17) is 9.47 Å². The smallest absolute Gasteiger partial charge is 0.406 e. The van der Waals surface area contributed by atoms with Gasteiger partial charge in [-0.05, 0) is 18.6 Å². The van der Waals surface area contributed by atoms with Gasteiger partial charge in [-0.3, -0.25) is 0 Å². The summed E-state index contributed by atoms with van der Waals surface area (Å²) >= 11 is 0. The third kappa shape index (κ3) is 5.21. The third-order valence-electron chi connectivity index (χ3n) is 3.32. The van der Waals surface area contributed by atoms with Crippen LogP contribution >= 0.6 is 0 Å². The SMILES string of the molecule is CCCCC1COC(c2ccc(OC(F)(F)F)cc2)OC1. The average molecular weight is 304 g/mol. The standard InChI is InChI=1S/C15H19F3O3/c1-2-3-4-11-9-19-14(20-10-11)12-5-7-13(8-6-12)21-15(16,17)18/h5-8,11,14H,2-4,9-10H2,1H3. The molecule has 1 heterocycles. The second-order valence-corrected chi connectivity index (χ2v) is 5.12. The summed E-state index contributed by atoms with van der Waals surface area (Å²) in [6, 6.07) is 5.58. The van der Waals surface area contributed by atoms with Crippen LogP contribution in [0.1, 0.15) is 38.0 Å². The fourth-order valence-electron chi connectivity index (χ4n) is 2.22. The van der Waals surface area contributed by atoms with E-state index < -0.39 is 12.7 Å². The molecular formula is C15H19F3O3. The number of unbranched alkanes of at least 4 members (excludes halogenated alkanes) is 1. The zero-order valence-electron chi connectivity index (χ0n) is 11.9. The molecule has 0 bridgehead atoms. The zero-order chi connectivity index (χ0) is 15.3. The number of benzene rings is 1. The molecule has 0 N–H and O–H groups in total. The molecule has 21 heavy (non-hydrogen) atoms. The van der Waals surface area contributed by atoms with Crippen LogP contribution in [0.5, 0.6) is 5.75 Å². The summed E-state index contributed by atoms with van der Waals surface area (Å²) in [6.07, 6.45) is -1.83. The van der Waals surface area contributed by atoms with Gasteiger partial charge in [0, 0.05) is 11.5 Å². The van der Waals surface area contributed by atoms with E-state index in [2.05, 4.69) is 11.7 Å². The van der Waals surface area contributed by atoms with Crippen molar-refractivity contribution >= 4 is 0 Å². The van der Waals surface area contributed by atoms with E-state index >= 15 is 0 Å². The van der Waals surface area contributed by atoms with Crippen molar-refractivity contribution in [2.24, 2.45) is 5.92 Å². The first-order valence-electron chi connectivity index (χ1n) is 7.07. The minimum Gasteiger partial charge on any atom is -0.406 e.